The molecule has 0 unspecified atom stereocenters. The lowest BCUT2D eigenvalue weighted by molar-refractivity contribution is -0.113. The molecule has 0 saturated carbocycles. The van der Waals surface area contributed by atoms with Gasteiger partial charge in [-0.25, -0.2) is 4.98 Å². The van der Waals surface area contributed by atoms with E-state index in [4.69, 9.17) is 14.5 Å². The molecule has 0 aliphatic carbocycles. The van der Waals surface area contributed by atoms with E-state index < -0.39 is 0 Å². The number of ether oxygens (including phenoxy) is 2. The fourth-order valence-electron chi connectivity index (χ4n) is 2.93. The van der Waals surface area contributed by atoms with Crippen LogP contribution >= 0.6 is 11.8 Å². The summed E-state index contributed by atoms with van der Waals surface area (Å²) in [5.41, 5.74) is 3.95. The Labute approximate surface area is 169 Å². The van der Waals surface area contributed by atoms with Gasteiger partial charge in [-0.05, 0) is 48.7 Å². The largest absolute Gasteiger partial charge is 0.493 e. The number of nitrogens with one attached hydrogen (secondary N) is 1. The maximum atomic E-state index is 12.4. The first kappa shape index (κ1) is 20.0. The molecule has 0 radical (unpaired) electrons. The molecule has 0 aliphatic heterocycles. The topological polar surface area (TPSA) is 60.5 Å². The number of carbonyl (C=O) groups excluding carboxylic acids is 1. The Kier molecular flexibility index (Phi) is 6.41. The number of nitrogens with zero attached hydrogens (tertiary/aromatic N) is 1. The molecule has 1 N–H and O–H groups in total. The average Bonchev–Trinajstić information content (AvgIpc) is 2.71. The number of amides is 1. The van der Waals surface area contributed by atoms with E-state index in [1.54, 1.807) is 32.4 Å². The van der Waals surface area contributed by atoms with E-state index in [0.29, 0.717) is 17.2 Å². The monoisotopic (exact) mass is 396 g/mol. The van der Waals surface area contributed by atoms with E-state index in [1.807, 2.05) is 0 Å². The molecule has 146 valence electrons. The molecule has 0 aliphatic rings. The molecule has 5 nitrogen and oxygen atoms in total. The van der Waals surface area contributed by atoms with E-state index in [0.717, 1.165) is 27.9 Å². The first-order chi connectivity index (χ1) is 13.5. The number of fused-ring (bicyclic) bond motifs is 1. The summed E-state index contributed by atoms with van der Waals surface area (Å²) in [7, 11) is 3.15. The van der Waals surface area contributed by atoms with Gasteiger partial charge in [0, 0.05) is 17.1 Å². The van der Waals surface area contributed by atoms with E-state index in [1.165, 1.54) is 17.3 Å². The van der Waals surface area contributed by atoms with Gasteiger partial charge in [0.2, 0.25) is 5.91 Å². The number of thioether (sulfide) groups is 1. The smallest absolute Gasteiger partial charge is 0.234 e. The third-order valence-corrected chi connectivity index (χ3v) is 5.43. The minimum Gasteiger partial charge on any atom is -0.493 e. The van der Waals surface area contributed by atoms with Crippen molar-refractivity contribution < 1.29 is 14.3 Å². The number of hydrogen-bond acceptors (Lipinski definition) is 5. The van der Waals surface area contributed by atoms with Crippen LogP contribution in [0.4, 0.5) is 5.69 Å². The van der Waals surface area contributed by atoms with Gasteiger partial charge in [-0.15, -0.1) is 0 Å². The number of rotatable bonds is 7. The van der Waals surface area contributed by atoms with Crippen molar-refractivity contribution in [2.24, 2.45) is 0 Å². The normalized spacial score (nSPS) is 10.7. The molecule has 0 fully saturated rings. The highest BCUT2D eigenvalue weighted by molar-refractivity contribution is 8.00. The zero-order valence-electron chi connectivity index (χ0n) is 16.5. The molecule has 0 saturated heterocycles. The summed E-state index contributed by atoms with van der Waals surface area (Å²) in [5, 5.41) is 4.93. The van der Waals surface area contributed by atoms with Gasteiger partial charge < -0.3 is 14.8 Å². The fraction of sp³-hybridized carbons (Fsp3) is 0.273. The average molecular weight is 397 g/mol. The number of aromatic nitrogens is 1. The Hall–Kier alpha value is -2.73. The molecule has 1 heterocycles. The fourth-order valence-corrected chi connectivity index (χ4v) is 3.82. The molecular formula is C22H24N2O3S. The SMILES string of the molecule is CCc1cc2ccc(C)cc2nc1SCC(=O)Nc1ccc(OC)c(OC)c1. The van der Waals surface area contributed by atoms with Crippen molar-refractivity contribution in [2.75, 3.05) is 25.3 Å². The predicted molar refractivity (Wildman–Crippen MR) is 115 cm³/mol. The Morgan fingerprint density at radius 3 is 2.57 bits per heavy atom. The van der Waals surface area contributed by atoms with Crippen molar-refractivity contribution in [1.29, 1.82) is 0 Å². The van der Waals surface area contributed by atoms with Gasteiger partial charge in [-0.2, -0.15) is 0 Å². The number of benzene rings is 2. The molecule has 6 heteroatoms. The molecule has 0 spiro atoms. The Morgan fingerprint density at radius 2 is 1.86 bits per heavy atom. The van der Waals surface area contributed by atoms with Gasteiger partial charge >= 0.3 is 0 Å². The van der Waals surface area contributed by atoms with Crippen LogP contribution in [0.3, 0.4) is 0 Å². The van der Waals surface area contributed by atoms with Gasteiger partial charge in [-0.3, -0.25) is 4.79 Å². The van der Waals surface area contributed by atoms with Gasteiger partial charge in [0.1, 0.15) is 5.03 Å². The summed E-state index contributed by atoms with van der Waals surface area (Å²) in [4.78, 5) is 17.2. The van der Waals surface area contributed by atoms with E-state index in [2.05, 4.69) is 43.4 Å². The van der Waals surface area contributed by atoms with Crippen LogP contribution in [0, 0.1) is 6.92 Å². The van der Waals surface area contributed by atoms with Crippen LogP contribution in [0.25, 0.3) is 10.9 Å². The number of methoxy groups -OCH3 is 2. The van der Waals surface area contributed by atoms with E-state index in [-0.39, 0.29) is 11.7 Å². The first-order valence-electron chi connectivity index (χ1n) is 9.09. The lowest BCUT2D eigenvalue weighted by Crippen LogP contribution is -2.14. The summed E-state index contributed by atoms with van der Waals surface area (Å²) < 4.78 is 10.5. The molecular weight excluding hydrogens is 372 g/mol. The summed E-state index contributed by atoms with van der Waals surface area (Å²) in [6, 6.07) is 13.7. The molecule has 1 aromatic heterocycles. The number of aryl methyl sites for hydroxylation is 2. The molecule has 28 heavy (non-hydrogen) atoms. The minimum atomic E-state index is -0.0922. The zero-order valence-corrected chi connectivity index (χ0v) is 17.4. The summed E-state index contributed by atoms with van der Waals surface area (Å²) in [5.74, 6) is 1.39. The van der Waals surface area contributed by atoms with Crippen molar-refractivity contribution in [2.45, 2.75) is 25.3 Å². The van der Waals surface area contributed by atoms with Gasteiger partial charge in [0.15, 0.2) is 11.5 Å². The Balaban J connectivity index is 1.72. The molecule has 1 amide bonds. The highest BCUT2D eigenvalue weighted by Gasteiger charge is 2.11. The van der Waals surface area contributed by atoms with Crippen molar-refractivity contribution >= 4 is 34.3 Å². The maximum Gasteiger partial charge on any atom is 0.234 e. The Bertz CT molecular complexity index is 1000. The molecule has 0 atom stereocenters. The van der Waals surface area contributed by atoms with Crippen LogP contribution < -0.4 is 14.8 Å². The van der Waals surface area contributed by atoms with Crippen molar-refractivity contribution in [3.05, 3.63) is 53.6 Å². The second-order valence-electron chi connectivity index (χ2n) is 6.41. The van der Waals surface area contributed by atoms with Crippen LogP contribution in [0.15, 0.2) is 47.5 Å². The molecule has 0 bridgehead atoms. The first-order valence-corrected chi connectivity index (χ1v) is 10.1. The predicted octanol–water partition coefficient (Wildman–Crippen LogP) is 4.85. The van der Waals surface area contributed by atoms with Crippen molar-refractivity contribution in [3.63, 3.8) is 0 Å². The third kappa shape index (κ3) is 4.57. The number of anilines is 1. The number of pyridine rings is 1. The number of hydrogen-bond donors (Lipinski definition) is 1. The molecule has 2 aromatic carbocycles. The van der Waals surface area contributed by atoms with Crippen LogP contribution in [0.5, 0.6) is 11.5 Å². The highest BCUT2D eigenvalue weighted by Crippen LogP contribution is 2.30. The van der Waals surface area contributed by atoms with Crippen molar-refractivity contribution in [3.8, 4) is 11.5 Å². The summed E-state index contributed by atoms with van der Waals surface area (Å²) >= 11 is 1.46. The zero-order chi connectivity index (χ0) is 20.1. The second kappa shape index (κ2) is 8.97. The minimum absolute atomic E-state index is 0.0922. The van der Waals surface area contributed by atoms with Gasteiger partial charge in [-0.1, -0.05) is 30.8 Å². The van der Waals surface area contributed by atoms with Crippen LogP contribution in [-0.4, -0.2) is 30.9 Å². The standard InChI is InChI=1S/C22H24N2O3S/c1-5-15-11-16-7-6-14(2)10-18(16)24-22(15)28-13-21(25)23-17-8-9-19(26-3)20(12-17)27-4/h6-12H,5,13H2,1-4H3,(H,23,25). The summed E-state index contributed by atoms with van der Waals surface area (Å²) in [6.07, 6.45) is 0.871. The van der Waals surface area contributed by atoms with Crippen LogP contribution in [0.1, 0.15) is 18.1 Å². The molecule has 3 rings (SSSR count). The van der Waals surface area contributed by atoms with Gasteiger partial charge in [0.25, 0.3) is 0 Å². The van der Waals surface area contributed by atoms with Crippen LogP contribution in [0.2, 0.25) is 0 Å². The number of carbonyl (C=O) groups is 1. The maximum absolute atomic E-state index is 12.4. The lowest BCUT2D eigenvalue weighted by Gasteiger charge is -2.11. The van der Waals surface area contributed by atoms with Crippen molar-refractivity contribution in [1.82, 2.24) is 4.98 Å². The van der Waals surface area contributed by atoms with Gasteiger partial charge in [0.05, 0.1) is 25.5 Å². The van der Waals surface area contributed by atoms with E-state index >= 15 is 0 Å². The lowest BCUT2D eigenvalue weighted by atomic mass is 10.1. The van der Waals surface area contributed by atoms with Crippen LogP contribution in [-0.2, 0) is 11.2 Å². The second-order valence-corrected chi connectivity index (χ2v) is 7.37. The third-order valence-electron chi connectivity index (χ3n) is 4.40. The Morgan fingerprint density at radius 1 is 1.07 bits per heavy atom. The summed E-state index contributed by atoms with van der Waals surface area (Å²) in [6.45, 7) is 4.16. The highest BCUT2D eigenvalue weighted by atomic mass is 32.2. The van der Waals surface area contributed by atoms with E-state index in [9.17, 15) is 4.79 Å². The quantitative estimate of drug-likeness (QED) is 0.578. The molecule has 3 aromatic rings.